The Morgan fingerprint density at radius 2 is 1.89 bits per heavy atom. The predicted octanol–water partition coefficient (Wildman–Crippen LogP) is 3.88. The maximum absolute atomic E-state index is 13.0. The topological polar surface area (TPSA) is 59.8 Å². The number of esters is 1. The third kappa shape index (κ3) is 4.76. The van der Waals surface area contributed by atoms with Crippen molar-refractivity contribution in [2.45, 2.75) is 26.3 Å². The van der Waals surface area contributed by atoms with E-state index in [9.17, 15) is 9.59 Å². The first kappa shape index (κ1) is 18.7. The Morgan fingerprint density at radius 3 is 2.63 bits per heavy atom. The molecule has 0 saturated heterocycles. The molecule has 1 aromatic heterocycles. The monoisotopic (exact) mass is 365 g/mol. The molecule has 140 valence electrons. The second kappa shape index (κ2) is 8.54. The van der Waals surface area contributed by atoms with Gasteiger partial charge in [-0.2, -0.15) is 0 Å². The molecule has 0 aliphatic rings. The van der Waals surface area contributed by atoms with E-state index in [0.717, 1.165) is 27.7 Å². The van der Waals surface area contributed by atoms with Crippen LogP contribution in [-0.2, 0) is 27.3 Å². The van der Waals surface area contributed by atoms with Crippen LogP contribution in [0.4, 0.5) is 0 Å². The summed E-state index contributed by atoms with van der Waals surface area (Å²) in [5.74, 6) is -0.379. The van der Waals surface area contributed by atoms with E-state index < -0.39 is 0 Å². The van der Waals surface area contributed by atoms with Crippen LogP contribution in [0.15, 0.2) is 59.2 Å². The fraction of sp³-hybridized carbons (Fsp3) is 0.273. The molecule has 5 nitrogen and oxygen atoms in total. The number of aryl methyl sites for hydroxylation is 1. The molecule has 0 spiro atoms. The third-order valence-corrected chi connectivity index (χ3v) is 4.54. The van der Waals surface area contributed by atoms with Gasteiger partial charge in [-0.25, -0.2) is 0 Å². The number of nitrogens with zero attached hydrogens (tertiary/aromatic N) is 1. The number of benzene rings is 2. The van der Waals surface area contributed by atoms with Gasteiger partial charge in [-0.1, -0.05) is 42.5 Å². The summed E-state index contributed by atoms with van der Waals surface area (Å²) in [6, 6.07) is 15.7. The molecule has 3 rings (SSSR count). The molecule has 0 saturated carbocycles. The molecule has 0 fully saturated rings. The fourth-order valence-electron chi connectivity index (χ4n) is 3.03. The molecule has 0 N–H and O–H groups in total. The minimum Gasteiger partial charge on any atom is -0.469 e. The zero-order valence-electron chi connectivity index (χ0n) is 15.6. The first-order chi connectivity index (χ1) is 13.1. The molecular weight excluding hydrogens is 342 g/mol. The second-order valence-corrected chi connectivity index (χ2v) is 6.56. The highest BCUT2D eigenvalue weighted by molar-refractivity contribution is 5.88. The van der Waals surface area contributed by atoms with Crippen LogP contribution >= 0.6 is 0 Å². The van der Waals surface area contributed by atoms with E-state index in [1.165, 1.54) is 7.11 Å². The van der Waals surface area contributed by atoms with Crippen LogP contribution in [0.25, 0.3) is 11.0 Å². The van der Waals surface area contributed by atoms with Crippen LogP contribution in [0, 0.1) is 6.92 Å². The molecule has 0 bridgehead atoms. The molecule has 1 heterocycles. The summed E-state index contributed by atoms with van der Waals surface area (Å²) in [5, 5.41) is 0.946. The van der Waals surface area contributed by atoms with Crippen molar-refractivity contribution >= 4 is 22.8 Å². The Bertz CT molecular complexity index is 930. The minimum absolute atomic E-state index is 0.0500. The molecule has 0 aliphatic carbocycles. The number of fused-ring (bicyclic) bond motifs is 1. The van der Waals surface area contributed by atoms with Crippen molar-refractivity contribution in [2.24, 2.45) is 0 Å². The minimum atomic E-state index is -0.329. The summed E-state index contributed by atoms with van der Waals surface area (Å²) in [5.41, 5.74) is 3.76. The van der Waals surface area contributed by atoms with Crippen molar-refractivity contribution in [1.82, 2.24) is 4.90 Å². The van der Waals surface area contributed by atoms with Crippen LogP contribution in [0.2, 0.25) is 0 Å². The van der Waals surface area contributed by atoms with Crippen LogP contribution in [0.1, 0.15) is 23.1 Å². The summed E-state index contributed by atoms with van der Waals surface area (Å²) in [4.78, 5) is 26.2. The molecule has 0 aliphatic heterocycles. The Labute approximate surface area is 158 Å². The molecule has 3 aromatic rings. The molecule has 0 radical (unpaired) electrons. The highest BCUT2D eigenvalue weighted by Gasteiger charge is 2.18. The van der Waals surface area contributed by atoms with E-state index in [0.29, 0.717) is 13.1 Å². The third-order valence-electron chi connectivity index (χ3n) is 4.54. The molecule has 27 heavy (non-hydrogen) atoms. The van der Waals surface area contributed by atoms with Gasteiger partial charge in [0.25, 0.3) is 0 Å². The van der Waals surface area contributed by atoms with Crippen molar-refractivity contribution < 1.29 is 18.7 Å². The fourth-order valence-corrected chi connectivity index (χ4v) is 3.03. The molecule has 0 unspecified atom stereocenters. The zero-order valence-corrected chi connectivity index (χ0v) is 15.6. The number of methoxy groups -OCH3 is 1. The van der Waals surface area contributed by atoms with Gasteiger partial charge in [0.15, 0.2) is 0 Å². The largest absolute Gasteiger partial charge is 0.469 e. The van der Waals surface area contributed by atoms with Gasteiger partial charge in [-0.15, -0.1) is 0 Å². The lowest BCUT2D eigenvalue weighted by Crippen LogP contribution is -2.33. The normalized spacial score (nSPS) is 10.7. The van der Waals surface area contributed by atoms with Crippen LogP contribution < -0.4 is 0 Å². The Hall–Kier alpha value is -3.08. The summed E-state index contributed by atoms with van der Waals surface area (Å²) in [7, 11) is 1.35. The van der Waals surface area contributed by atoms with E-state index >= 15 is 0 Å². The van der Waals surface area contributed by atoms with Crippen LogP contribution in [-0.4, -0.2) is 30.4 Å². The van der Waals surface area contributed by atoms with Gasteiger partial charge in [0, 0.05) is 24.0 Å². The number of hydrogen-bond acceptors (Lipinski definition) is 4. The lowest BCUT2D eigenvalue weighted by molar-refractivity contribution is -0.141. The summed E-state index contributed by atoms with van der Waals surface area (Å²) >= 11 is 0. The predicted molar refractivity (Wildman–Crippen MR) is 103 cm³/mol. The Morgan fingerprint density at radius 1 is 1.11 bits per heavy atom. The zero-order chi connectivity index (χ0) is 19.2. The van der Waals surface area contributed by atoms with E-state index in [1.54, 1.807) is 11.2 Å². The maximum atomic E-state index is 13.0. The summed E-state index contributed by atoms with van der Waals surface area (Å²) in [6.45, 7) is 2.77. The number of amides is 1. The van der Waals surface area contributed by atoms with Gasteiger partial charge in [0.05, 0.1) is 26.2 Å². The van der Waals surface area contributed by atoms with Gasteiger partial charge < -0.3 is 14.1 Å². The lowest BCUT2D eigenvalue weighted by Gasteiger charge is -2.22. The number of carbonyl (C=O) groups is 2. The van der Waals surface area contributed by atoms with Crippen molar-refractivity contribution in [2.75, 3.05) is 13.7 Å². The number of carbonyl (C=O) groups excluding carboxylic acids is 2. The SMILES string of the molecule is COC(=O)CCN(Cc1ccccc1)C(=O)Cc1coc2cc(C)ccc12. The standard InChI is InChI=1S/C22H23NO4/c1-16-8-9-19-18(15-27-20(19)12-16)13-21(24)23(11-10-22(25)26-2)14-17-6-4-3-5-7-17/h3-9,12,15H,10-11,13-14H2,1-2H3. The first-order valence-electron chi connectivity index (χ1n) is 8.92. The highest BCUT2D eigenvalue weighted by Crippen LogP contribution is 2.23. The highest BCUT2D eigenvalue weighted by atomic mass is 16.5. The molecule has 0 atom stereocenters. The van der Waals surface area contributed by atoms with Gasteiger partial charge in [-0.3, -0.25) is 9.59 Å². The smallest absolute Gasteiger partial charge is 0.307 e. The average Bonchev–Trinajstić information content (AvgIpc) is 3.07. The van der Waals surface area contributed by atoms with E-state index in [4.69, 9.17) is 9.15 Å². The lowest BCUT2D eigenvalue weighted by atomic mass is 10.1. The van der Waals surface area contributed by atoms with E-state index in [2.05, 4.69) is 0 Å². The average molecular weight is 365 g/mol. The van der Waals surface area contributed by atoms with Crippen molar-refractivity contribution in [3.8, 4) is 0 Å². The molecule has 2 aromatic carbocycles. The summed E-state index contributed by atoms with van der Waals surface area (Å²) in [6.07, 6.45) is 2.04. The van der Waals surface area contributed by atoms with Crippen LogP contribution in [0.3, 0.4) is 0 Å². The second-order valence-electron chi connectivity index (χ2n) is 6.56. The first-order valence-corrected chi connectivity index (χ1v) is 8.92. The quantitative estimate of drug-likeness (QED) is 0.596. The van der Waals surface area contributed by atoms with Crippen molar-refractivity contribution in [3.63, 3.8) is 0 Å². The van der Waals surface area contributed by atoms with Crippen molar-refractivity contribution in [3.05, 3.63) is 71.5 Å². The molecule has 5 heteroatoms. The molecule has 1 amide bonds. The number of ether oxygens (including phenoxy) is 1. The Balaban J connectivity index is 1.77. The number of furan rings is 1. The van der Waals surface area contributed by atoms with Gasteiger partial charge in [0.2, 0.25) is 5.91 Å². The molecular formula is C22H23NO4. The summed E-state index contributed by atoms with van der Waals surface area (Å²) < 4.78 is 10.3. The van der Waals surface area contributed by atoms with Gasteiger partial charge in [-0.05, 0) is 24.1 Å². The van der Waals surface area contributed by atoms with Gasteiger partial charge >= 0.3 is 5.97 Å². The van der Waals surface area contributed by atoms with Gasteiger partial charge in [0.1, 0.15) is 5.58 Å². The number of rotatable bonds is 7. The van der Waals surface area contributed by atoms with Crippen molar-refractivity contribution in [1.29, 1.82) is 0 Å². The Kier molecular flexibility index (Phi) is 5.91. The van der Waals surface area contributed by atoms with Crippen LogP contribution in [0.5, 0.6) is 0 Å². The number of hydrogen-bond donors (Lipinski definition) is 0. The maximum Gasteiger partial charge on any atom is 0.307 e. The van der Waals surface area contributed by atoms with E-state index in [1.807, 2.05) is 55.5 Å². The van der Waals surface area contributed by atoms with E-state index in [-0.39, 0.29) is 24.7 Å².